The zero-order valence-electron chi connectivity index (χ0n) is 10.7. The molecule has 0 unspecified atom stereocenters. The predicted octanol–water partition coefficient (Wildman–Crippen LogP) is 2.46. The van der Waals surface area contributed by atoms with E-state index < -0.39 is 29.5 Å². The quantitative estimate of drug-likeness (QED) is 0.868. The molecule has 1 aliphatic carbocycles. The van der Waals surface area contributed by atoms with Gasteiger partial charge in [-0.05, 0) is 23.8 Å². The highest BCUT2D eigenvalue weighted by Gasteiger charge is 2.39. The van der Waals surface area contributed by atoms with Crippen molar-refractivity contribution < 1.29 is 27.2 Å². The second-order valence-corrected chi connectivity index (χ2v) is 4.78. The van der Waals surface area contributed by atoms with E-state index in [1.54, 1.807) is 0 Å². The van der Waals surface area contributed by atoms with E-state index >= 15 is 0 Å². The van der Waals surface area contributed by atoms with Crippen LogP contribution in [0.5, 0.6) is 0 Å². The highest BCUT2D eigenvalue weighted by molar-refractivity contribution is 5.91. The minimum Gasteiger partial charge on any atom is -0.347 e. The summed E-state index contributed by atoms with van der Waals surface area (Å²) in [5, 5.41) is 2.04. The van der Waals surface area contributed by atoms with Crippen molar-refractivity contribution >= 4 is 17.8 Å². The van der Waals surface area contributed by atoms with Crippen LogP contribution < -0.4 is 5.32 Å². The second kappa shape index (κ2) is 5.67. The summed E-state index contributed by atoms with van der Waals surface area (Å²) in [6.45, 7) is 0. The van der Waals surface area contributed by atoms with Gasteiger partial charge < -0.3 is 5.32 Å². The summed E-state index contributed by atoms with van der Waals surface area (Å²) in [4.78, 5) is 22.0. The van der Waals surface area contributed by atoms with Crippen molar-refractivity contribution in [2.75, 3.05) is 0 Å². The lowest BCUT2D eigenvalue weighted by Crippen LogP contribution is -2.50. The first-order valence-corrected chi connectivity index (χ1v) is 6.12. The number of carbonyl (C=O) groups excluding carboxylic acids is 2. The minimum atomic E-state index is -3.83. The van der Waals surface area contributed by atoms with Crippen LogP contribution >= 0.6 is 0 Å². The molecule has 112 valence electrons. The molecule has 0 atom stereocenters. The molecule has 1 saturated carbocycles. The lowest BCUT2D eigenvalue weighted by atomic mass is 9.91. The average Bonchev–Trinajstić information content (AvgIpc) is 2.33. The van der Waals surface area contributed by atoms with Crippen LogP contribution in [0.2, 0.25) is 0 Å². The van der Waals surface area contributed by atoms with E-state index in [9.17, 15) is 27.2 Å². The fourth-order valence-electron chi connectivity index (χ4n) is 1.82. The lowest BCUT2D eigenvalue weighted by molar-refractivity contribution is -0.141. The molecular weight excluding hydrogens is 290 g/mol. The average molecular weight is 301 g/mol. The van der Waals surface area contributed by atoms with Crippen molar-refractivity contribution in [3.63, 3.8) is 0 Å². The van der Waals surface area contributed by atoms with E-state index in [1.165, 1.54) is 0 Å². The number of rotatable bonds is 4. The van der Waals surface area contributed by atoms with Crippen LogP contribution in [0.4, 0.5) is 17.6 Å². The van der Waals surface area contributed by atoms with Gasteiger partial charge in [-0.15, -0.1) is 0 Å². The largest absolute Gasteiger partial charge is 0.347 e. The van der Waals surface area contributed by atoms with Gasteiger partial charge in [0.1, 0.15) is 17.4 Å². The first-order valence-electron chi connectivity index (χ1n) is 6.12. The van der Waals surface area contributed by atoms with Gasteiger partial charge in [-0.2, -0.15) is 8.78 Å². The Bertz CT molecular complexity index is 585. The lowest BCUT2D eigenvalue weighted by Gasteiger charge is -2.26. The smallest absolute Gasteiger partial charge is 0.343 e. The number of amides is 1. The van der Waals surface area contributed by atoms with E-state index in [-0.39, 0.29) is 30.3 Å². The number of hydrogen-bond acceptors (Lipinski definition) is 2. The molecule has 1 aromatic carbocycles. The monoisotopic (exact) mass is 301 g/mol. The number of carbonyl (C=O) groups is 2. The fraction of sp³-hybridized carbons (Fsp3) is 0.286. The molecule has 3 nitrogen and oxygen atoms in total. The van der Waals surface area contributed by atoms with Crippen molar-refractivity contribution in [3.8, 4) is 0 Å². The molecule has 2 rings (SSSR count). The maximum Gasteiger partial charge on any atom is 0.343 e. The summed E-state index contributed by atoms with van der Waals surface area (Å²) in [6.07, 6.45) is 1.11. The van der Waals surface area contributed by atoms with Crippen molar-refractivity contribution in [1.82, 2.24) is 5.32 Å². The number of nitrogens with one attached hydrogen (secondary N) is 1. The van der Waals surface area contributed by atoms with Gasteiger partial charge in [-0.25, -0.2) is 8.78 Å². The minimum absolute atomic E-state index is 0.0423. The molecule has 0 aliphatic heterocycles. The zero-order chi connectivity index (χ0) is 15.6. The number of benzene rings is 1. The maximum absolute atomic E-state index is 13.6. The molecule has 1 fully saturated rings. The highest BCUT2D eigenvalue weighted by Crippen LogP contribution is 2.21. The Morgan fingerprint density at radius 2 is 1.76 bits per heavy atom. The van der Waals surface area contributed by atoms with Crippen molar-refractivity contribution in [2.45, 2.75) is 24.8 Å². The molecule has 1 amide bonds. The van der Waals surface area contributed by atoms with Gasteiger partial charge in [0, 0.05) is 24.9 Å². The molecule has 0 saturated heterocycles. The Balaban J connectivity index is 2.03. The Kier molecular flexibility index (Phi) is 4.11. The van der Waals surface area contributed by atoms with Crippen molar-refractivity contribution in [1.29, 1.82) is 0 Å². The summed E-state index contributed by atoms with van der Waals surface area (Å²) in [7, 11) is 0. The highest BCUT2D eigenvalue weighted by atomic mass is 19.3. The topological polar surface area (TPSA) is 46.2 Å². The van der Waals surface area contributed by atoms with Gasteiger partial charge in [0.25, 0.3) is 5.91 Å². The first kappa shape index (κ1) is 15.2. The second-order valence-electron chi connectivity index (χ2n) is 4.78. The van der Waals surface area contributed by atoms with Gasteiger partial charge in [0.2, 0.25) is 0 Å². The molecule has 1 N–H and O–H groups in total. The van der Waals surface area contributed by atoms with Crippen LogP contribution in [-0.4, -0.2) is 23.7 Å². The number of ketones is 1. The Hall–Kier alpha value is -2.18. The van der Waals surface area contributed by atoms with Crippen LogP contribution in [0.25, 0.3) is 6.08 Å². The third kappa shape index (κ3) is 3.90. The molecule has 7 heteroatoms. The van der Waals surface area contributed by atoms with Crippen LogP contribution in [0.1, 0.15) is 18.4 Å². The number of hydrogen-bond donors (Lipinski definition) is 1. The van der Waals surface area contributed by atoms with Gasteiger partial charge in [-0.3, -0.25) is 9.59 Å². The molecule has 0 spiro atoms. The molecule has 0 bridgehead atoms. The number of alkyl halides is 2. The Labute approximate surface area is 117 Å². The Morgan fingerprint density at radius 1 is 1.19 bits per heavy atom. The zero-order valence-corrected chi connectivity index (χ0v) is 10.7. The van der Waals surface area contributed by atoms with E-state index in [2.05, 4.69) is 0 Å². The fourth-order valence-corrected chi connectivity index (χ4v) is 1.82. The molecule has 0 radical (unpaired) electrons. The summed E-state index contributed by atoms with van der Waals surface area (Å²) in [6, 6.07) is 1.75. The van der Waals surface area contributed by atoms with E-state index in [1.807, 2.05) is 5.32 Å². The maximum atomic E-state index is 13.6. The molecule has 1 aliphatic rings. The normalized spacial score (nSPS) is 16.1. The number of halogens is 4. The SMILES string of the molecule is O=C1CC(NC(=O)C(F)(F)/C=C/c2cc(F)cc(F)c2)C1. The van der Waals surface area contributed by atoms with Crippen molar-refractivity contribution in [3.05, 3.63) is 41.5 Å². The van der Waals surface area contributed by atoms with E-state index in [4.69, 9.17) is 0 Å². The molecule has 1 aromatic rings. The number of Topliss-reactive ketones (excluding diaryl/α,β-unsaturated/α-hetero) is 1. The van der Waals surface area contributed by atoms with Crippen molar-refractivity contribution in [2.24, 2.45) is 0 Å². The molecule has 0 aromatic heterocycles. The first-order chi connectivity index (χ1) is 9.76. The molecular formula is C14H11F4NO2. The van der Waals surface area contributed by atoms with E-state index in [0.717, 1.165) is 18.2 Å². The van der Waals surface area contributed by atoms with Gasteiger partial charge in [-0.1, -0.05) is 6.08 Å². The van der Waals surface area contributed by atoms with Crippen LogP contribution in [0, 0.1) is 11.6 Å². The summed E-state index contributed by atoms with van der Waals surface area (Å²) >= 11 is 0. The van der Waals surface area contributed by atoms with E-state index in [0.29, 0.717) is 6.07 Å². The van der Waals surface area contributed by atoms with Gasteiger partial charge in [0.15, 0.2) is 0 Å². The van der Waals surface area contributed by atoms with Gasteiger partial charge in [0.05, 0.1) is 0 Å². The van der Waals surface area contributed by atoms with Gasteiger partial charge >= 0.3 is 5.92 Å². The predicted molar refractivity (Wildman–Crippen MR) is 66.5 cm³/mol. The Morgan fingerprint density at radius 3 is 2.29 bits per heavy atom. The summed E-state index contributed by atoms with van der Waals surface area (Å²) < 4.78 is 52.9. The molecule has 0 heterocycles. The summed E-state index contributed by atoms with van der Waals surface area (Å²) in [5.41, 5.74) is -0.126. The molecule has 21 heavy (non-hydrogen) atoms. The third-order valence-electron chi connectivity index (χ3n) is 2.96. The summed E-state index contributed by atoms with van der Waals surface area (Å²) in [5.74, 6) is -7.30. The third-order valence-corrected chi connectivity index (χ3v) is 2.96. The van der Waals surface area contributed by atoms with Crippen LogP contribution in [-0.2, 0) is 9.59 Å². The standard InChI is InChI=1S/C14H11F4NO2/c15-9-3-8(4-10(16)5-9)1-2-14(17,18)13(21)19-11-6-12(20)7-11/h1-5,11H,6-7H2,(H,19,21)/b2-1+. The van der Waals surface area contributed by atoms with Crippen LogP contribution in [0.3, 0.4) is 0 Å². The van der Waals surface area contributed by atoms with Crippen LogP contribution in [0.15, 0.2) is 24.3 Å².